The van der Waals surface area contributed by atoms with Gasteiger partial charge in [-0.1, -0.05) is 48.5 Å². The van der Waals surface area contributed by atoms with E-state index in [-0.39, 0.29) is 5.82 Å². The van der Waals surface area contributed by atoms with Crippen molar-refractivity contribution in [1.29, 1.82) is 0 Å². The molecule has 1 aromatic heterocycles. The molecule has 0 spiro atoms. The lowest BCUT2D eigenvalue weighted by molar-refractivity contribution is 0.175. The minimum atomic E-state index is -0.210. The molecule has 1 aliphatic rings. The lowest BCUT2D eigenvalue weighted by Gasteiger charge is -2.32. The third-order valence-corrected chi connectivity index (χ3v) is 6.72. The quantitative estimate of drug-likeness (QED) is 0.368. The highest BCUT2D eigenvalue weighted by Gasteiger charge is 2.23. The summed E-state index contributed by atoms with van der Waals surface area (Å²) in [5, 5.41) is 0. The van der Waals surface area contributed by atoms with Crippen LogP contribution in [-0.4, -0.2) is 34.7 Å². The molecule has 0 aliphatic carbocycles. The van der Waals surface area contributed by atoms with Gasteiger partial charge in [0.15, 0.2) is 0 Å². The maximum absolute atomic E-state index is 13.4. The van der Waals surface area contributed by atoms with Crippen molar-refractivity contribution in [1.82, 2.24) is 14.5 Å². The van der Waals surface area contributed by atoms with E-state index in [9.17, 15) is 4.39 Å². The first-order valence-corrected chi connectivity index (χ1v) is 11.7. The van der Waals surface area contributed by atoms with Crippen LogP contribution < -0.4 is 4.74 Å². The predicted octanol–water partition coefficient (Wildman–Crippen LogP) is 5.69. The predicted molar refractivity (Wildman–Crippen MR) is 130 cm³/mol. The second-order valence-electron chi connectivity index (χ2n) is 8.98. The summed E-state index contributed by atoms with van der Waals surface area (Å²) >= 11 is 0. The molecular weight excluding hydrogens is 413 g/mol. The van der Waals surface area contributed by atoms with E-state index >= 15 is 0 Å². The number of piperidine rings is 1. The molecule has 2 heterocycles. The van der Waals surface area contributed by atoms with Gasteiger partial charge in [-0.05, 0) is 67.2 Å². The van der Waals surface area contributed by atoms with Gasteiger partial charge in [0.1, 0.15) is 22.9 Å². The fourth-order valence-corrected chi connectivity index (χ4v) is 4.89. The average Bonchev–Trinajstić information content (AvgIpc) is 3.19. The summed E-state index contributed by atoms with van der Waals surface area (Å²) in [7, 11) is 1.69. The molecule has 0 amide bonds. The van der Waals surface area contributed by atoms with E-state index in [1.807, 2.05) is 24.3 Å². The van der Waals surface area contributed by atoms with Gasteiger partial charge in [-0.25, -0.2) is 9.37 Å². The molecular formula is C28H30FN3O. The molecule has 1 saturated heterocycles. The number of ether oxygens (including phenoxy) is 1. The van der Waals surface area contributed by atoms with Gasteiger partial charge in [0.2, 0.25) is 0 Å². The Morgan fingerprint density at radius 1 is 0.879 bits per heavy atom. The van der Waals surface area contributed by atoms with Crippen LogP contribution in [0.4, 0.5) is 4.39 Å². The molecule has 0 saturated carbocycles. The maximum atomic E-state index is 13.4. The third-order valence-electron chi connectivity index (χ3n) is 6.72. The van der Waals surface area contributed by atoms with Crippen molar-refractivity contribution in [2.24, 2.45) is 5.92 Å². The van der Waals surface area contributed by atoms with Crippen LogP contribution in [-0.2, 0) is 19.5 Å². The summed E-state index contributed by atoms with van der Waals surface area (Å²) < 4.78 is 21.3. The van der Waals surface area contributed by atoms with Gasteiger partial charge in [-0.3, -0.25) is 4.90 Å². The van der Waals surface area contributed by atoms with Crippen LogP contribution in [0.25, 0.3) is 11.0 Å². The van der Waals surface area contributed by atoms with Gasteiger partial charge < -0.3 is 9.30 Å². The van der Waals surface area contributed by atoms with Crippen LogP contribution in [0.5, 0.6) is 5.75 Å². The van der Waals surface area contributed by atoms with E-state index < -0.39 is 0 Å². The maximum Gasteiger partial charge on any atom is 0.146 e. The molecule has 0 N–H and O–H groups in total. The van der Waals surface area contributed by atoms with Crippen LogP contribution in [0, 0.1) is 11.7 Å². The van der Waals surface area contributed by atoms with Crippen molar-refractivity contribution in [3.63, 3.8) is 0 Å². The number of fused-ring (bicyclic) bond motifs is 1. The van der Waals surface area contributed by atoms with E-state index in [1.165, 1.54) is 30.5 Å². The Hall–Kier alpha value is -3.18. The van der Waals surface area contributed by atoms with E-state index in [4.69, 9.17) is 9.72 Å². The van der Waals surface area contributed by atoms with E-state index in [0.29, 0.717) is 12.5 Å². The summed E-state index contributed by atoms with van der Waals surface area (Å²) in [5.74, 6) is 2.27. The minimum Gasteiger partial charge on any atom is -0.494 e. The number of halogens is 1. The SMILES string of the molecule is COc1cccc2c1nc(CC1CCN(Cc3ccccc3)CC1)n2Cc1ccc(F)cc1. The summed E-state index contributed by atoms with van der Waals surface area (Å²) in [5.41, 5.74) is 4.41. The lowest BCUT2D eigenvalue weighted by atomic mass is 9.93. The highest BCUT2D eigenvalue weighted by molar-refractivity contribution is 5.82. The zero-order valence-electron chi connectivity index (χ0n) is 19.1. The Morgan fingerprint density at radius 2 is 1.61 bits per heavy atom. The summed E-state index contributed by atoms with van der Waals surface area (Å²) in [4.78, 5) is 7.58. The second kappa shape index (κ2) is 9.75. The standard InChI is InChI=1S/C28H30FN3O/c1-33-26-9-5-8-25-28(26)30-27(32(25)20-23-10-12-24(29)13-11-23)18-21-14-16-31(17-15-21)19-22-6-3-2-4-7-22/h2-13,21H,14-20H2,1H3. The summed E-state index contributed by atoms with van der Waals surface area (Å²) in [6.45, 7) is 3.92. The Morgan fingerprint density at radius 3 is 2.33 bits per heavy atom. The first-order chi connectivity index (χ1) is 16.2. The molecule has 5 heteroatoms. The molecule has 0 radical (unpaired) electrons. The van der Waals surface area contributed by atoms with Gasteiger partial charge in [-0.15, -0.1) is 0 Å². The van der Waals surface area contributed by atoms with Gasteiger partial charge in [0.25, 0.3) is 0 Å². The summed E-state index contributed by atoms with van der Waals surface area (Å²) in [6, 6.07) is 23.5. The smallest absolute Gasteiger partial charge is 0.146 e. The molecule has 1 aliphatic heterocycles. The number of hydrogen-bond donors (Lipinski definition) is 0. The summed E-state index contributed by atoms with van der Waals surface area (Å²) in [6.07, 6.45) is 3.28. The number of benzene rings is 3. The van der Waals surface area contributed by atoms with Crippen molar-refractivity contribution in [2.45, 2.75) is 32.4 Å². The molecule has 1 fully saturated rings. The number of hydrogen-bond acceptors (Lipinski definition) is 3. The fraction of sp³-hybridized carbons (Fsp3) is 0.321. The van der Waals surface area contributed by atoms with Crippen molar-refractivity contribution in [3.8, 4) is 5.75 Å². The molecule has 0 unspecified atom stereocenters. The molecule has 4 aromatic rings. The van der Waals surface area contributed by atoms with Gasteiger partial charge >= 0.3 is 0 Å². The molecule has 170 valence electrons. The van der Waals surface area contributed by atoms with Gasteiger partial charge in [0, 0.05) is 19.5 Å². The number of para-hydroxylation sites is 1. The number of rotatable bonds is 7. The first kappa shape index (κ1) is 21.7. The third kappa shape index (κ3) is 4.93. The Balaban J connectivity index is 1.34. The second-order valence-corrected chi connectivity index (χ2v) is 8.98. The Labute approximate surface area is 194 Å². The minimum absolute atomic E-state index is 0.210. The van der Waals surface area contributed by atoms with E-state index in [0.717, 1.165) is 54.2 Å². The first-order valence-electron chi connectivity index (χ1n) is 11.7. The number of likely N-dealkylation sites (tertiary alicyclic amines) is 1. The normalized spacial score (nSPS) is 15.2. The molecule has 33 heavy (non-hydrogen) atoms. The topological polar surface area (TPSA) is 30.3 Å². The number of nitrogens with zero attached hydrogens (tertiary/aromatic N) is 3. The van der Waals surface area contributed by atoms with Crippen LogP contribution >= 0.6 is 0 Å². The molecule has 0 bridgehead atoms. The van der Waals surface area contributed by atoms with Crippen molar-refractivity contribution >= 4 is 11.0 Å². The van der Waals surface area contributed by atoms with Crippen LogP contribution in [0.15, 0.2) is 72.8 Å². The number of imidazole rings is 1. The highest BCUT2D eigenvalue weighted by Crippen LogP contribution is 2.30. The van der Waals surface area contributed by atoms with Crippen molar-refractivity contribution in [2.75, 3.05) is 20.2 Å². The average molecular weight is 444 g/mol. The Kier molecular flexibility index (Phi) is 6.40. The van der Waals surface area contributed by atoms with Gasteiger partial charge in [-0.2, -0.15) is 0 Å². The zero-order chi connectivity index (χ0) is 22.6. The zero-order valence-corrected chi connectivity index (χ0v) is 19.1. The number of aromatic nitrogens is 2. The van der Waals surface area contributed by atoms with E-state index in [2.05, 4.69) is 45.9 Å². The fourth-order valence-electron chi connectivity index (χ4n) is 4.89. The van der Waals surface area contributed by atoms with Crippen molar-refractivity contribution in [3.05, 3.63) is 95.6 Å². The van der Waals surface area contributed by atoms with Crippen LogP contribution in [0.1, 0.15) is 29.8 Å². The monoisotopic (exact) mass is 443 g/mol. The molecule has 4 nitrogen and oxygen atoms in total. The van der Waals surface area contributed by atoms with Crippen LogP contribution in [0.3, 0.4) is 0 Å². The van der Waals surface area contributed by atoms with Crippen LogP contribution in [0.2, 0.25) is 0 Å². The Bertz CT molecular complexity index is 1200. The number of methoxy groups -OCH3 is 1. The van der Waals surface area contributed by atoms with E-state index in [1.54, 1.807) is 7.11 Å². The largest absolute Gasteiger partial charge is 0.494 e. The molecule has 0 atom stereocenters. The highest BCUT2D eigenvalue weighted by atomic mass is 19.1. The van der Waals surface area contributed by atoms with Crippen molar-refractivity contribution < 1.29 is 9.13 Å². The lowest BCUT2D eigenvalue weighted by Crippen LogP contribution is -2.34. The van der Waals surface area contributed by atoms with Gasteiger partial charge in [0.05, 0.1) is 12.6 Å². The molecule has 5 rings (SSSR count). The molecule has 3 aromatic carbocycles.